The second kappa shape index (κ2) is 7.29. The van der Waals surface area contributed by atoms with E-state index in [0.29, 0.717) is 13.2 Å². The lowest BCUT2D eigenvalue weighted by atomic mass is 10.1. The van der Waals surface area contributed by atoms with Crippen LogP contribution < -0.4 is 10.2 Å². The van der Waals surface area contributed by atoms with Crippen LogP contribution in [0.2, 0.25) is 0 Å². The van der Waals surface area contributed by atoms with Crippen LogP contribution in [0.15, 0.2) is 53.5 Å². The topological polar surface area (TPSA) is 36.9 Å². The summed E-state index contributed by atoms with van der Waals surface area (Å²) in [4.78, 5) is 6.60. The molecule has 0 fully saturated rings. The highest BCUT2D eigenvalue weighted by Gasteiger charge is 2.11. The Labute approximate surface area is 137 Å². The van der Waals surface area contributed by atoms with E-state index in [0.717, 1.165) is 24.5 Å². The highest BCUT2D eigenvalue weighted by molar-refractivity contribution is 6.00. The number of anilines is 1. The molecule has 0 amide bonds. The Morgan fingerprint density at radius 1 is 1.04 bits per heavy atom. The van der Waals surface area contributed by atoms with Crippen molar-refractivity contribution in [3.05, 3.63) is 65.2 Å². The zero-order valence-corrected chi connectivity index (χ0v) is 13.7. The molecule has 0 bridgehead atoms. The Bertz CT molecular complexity index is 677. The molecule has 0 unspecified atom stereocenters. The number of hydrogen-bond acceptors (Lipinski definition) is 4. The maximum atomic E-state index is 5.91. The van der Waals surface area contributed by atoms with Gasteiger partial charge in [-0.1, -0.05) is 36.4 Å². The first-order chi connectivity index (χ1) is 11.2. The maximum Gasteiger partial charge on any atom is 0.128 e. The van der Waals surface area contributed by atoms with E-state index in [9.17, 15) is 0 Å². The normalized spacial score (nSPS) is 13.6. The number of aliphatic imine (C=N–C) groups is 1. The molecule has 1 N–H and O–H groups in total. The average Bonchev–Trinajstić information content (AvgIpc) is 3.10. The predicted molar refractivity (Wildman–Crippen MR) is 95.1 cm³/mol. The molecule has 0 radical (unpaired) electrons. The minimum absolute atomic E-state index is 0.590. The number of benzene rings is 2. The molecule has 1 aliphatic rings. The van der Waals surface area contributed by atoms with Crippen LogP contribution in [-0.2, 0) is 18.0 Å². The molecule has 0 atom stereocenters. The van der Waals surface area contributed by atoms with Crippen LogP contribution >= 0.6 is 0 Å². The van der Waals surface area contributed by atoms with Crippen molar-refractivity contribution in [3.63, 3.8) is 0 Å². The molecule has 4 heteroatoms. The van der Waals surface area contributed by atoms with Crippen LogP contribution in [0.5, 0.6) is 0 Å². The fourth-order valence-electron chi connectivity index (χ4n) is 2.62. The second-order valence-electron chi connectivity index (χ2n) is 5.87. The molecule has 0 aliphatic carbocycles. The number of amidine groups is 1. The zero-order valence-electron chi connectivity index (χ0n) is 13.7. The summed E-state index contributed by atoms with van der Waals surface area (Å²) in [7, 11) is 4.09. The SMILES string of the molecule is CN(C)c1ccc(COCc2ccccc2C2=NCCN2)cc1. The van der Waals surface area contributed by atoms with Gasteiger partial charge in [-0.15, -0.1) is 0 Å². The maximum absolute atomic E-state index is 5.91. The third-order valence-corrected chi connectivity index (χ3v) is 3.93. The van der Waals surface area contributed by atoms with E-state index in [1.165, 1.54) is 16.8 Å². The van der Waals surface area contributed by atoms with Gasteiger partial charge in [0.1, 0.15) is 5.84 Å². The van der Waals surface area contributed by atoms with Crippen LogP contribution in [0.4, 0.5) is 5.69 Å². The Morgan fingerprint density at radius 2 is 1.83 bits per heavy atom. The first-order valence-corrected chi connectivity index (χ1v) is 7.94. The van der Waals surface area contributed by atoms with Crippen LogP contribution in [0.1, 0.15) is 16.7 Å². The van der Waals surface area contributed by atoms with E-state index in [1.807, 2.05) is 26.2 Å². The molecule has 1 heterocycles. The zero-order chi connectivity index (χ0) is 16.1. The number of ether oxygens (including phenoxy) is 1. The minimum Gasteiger partial charge on any atom is -0.378 e. The first-order valence-electron chi connectivity index (χ1n) is 7.94. The van der Waals surface area contributed by atoms with Crippen molar-refractivity contribution in [2.75, 3.05) is 32.1 Å². The van der Waals surface area contributed by atoms with Crippen molar-refractivity contribution in [3.8, 4) is 0 Å². The number of nitrogens with zero attached hydrogens (tertiary/aromatic N) is 2. The summed E-state index contributed by atoms with van der Waals surface area (Å²) >= 11 is 0. The van der Waals surface area contributed by atoms with Crippen molar-refractivity contribution in [2.24, 2.45) is 4.99 Å². The summed E-state index contributed by atoms with van der Waals surface area (Å²) in [5.41, 5.74) is 4.70. The van der Waals surface area contributed by atoms with Gasteiger partial charge in [-0.25, -0.2) is 0 Å². The summed E-state index contributed by atoms with van der Waals surface area (Å²) < 4.78 is 5.91. The van der Waals surface area contributed by atoms with Gasteiger partial charge < -0.3 is 15.0 Å². The van der Waals surface area contributed by atoms with Crippen LogP contribution in [0.25, 0.3) is 0 Å². The number of nitrogens with one attached hydrogen (secondary N) is 1. The molecular weight excluding hydrogens is 286 g/mol. The van der Waals surface area contributed by atoms with Crippen LogP contribution in [-0.4, -0.2) is 33.0 Å². The first kappa shape index (κ1) is 15.6. The summed E-state index contributed by atoms with van der Waals surface area (Å²) in [6, 6.07) is 16.8. The van der Waals surface area contributed by atoms with Gasteiger partial charge in [0.2, 0.25) is 0 Å². The lowest BCUT2D eigenvalue weighted by molar-refractivity contribution is 0.107. The van der Waals surface area contributed by atoms with E-state index >= 15 is 0 Å². The Balaban J connectivity index is 1.60. The van der Waals surface area contributed by atoms with Crippen molar-refractivity contribution < 1.29 is 4.74 Å². The average molecular weight is 309 g/mol. The molecule has 2 aromatic rings. The van der Waals surface area contributed by atoms with Gasteiger partial charge in [0, 0.05) is 31.9 Å². The lowest BCUT2D eigenvalue weighted by Crippen LogP contribution is -2.21. The van der Waals surface area contributed by atoms with Crippen molar-refractivity contribution in [1.29, 1.82) is 0 Å². The second-order valence-corrected chi connectivity index (χ2v) is 5.87. The molecule has 1 aliphatic heterocycles. The van der Waals surface area contributed by atoms with Crippen molar-refractivity contribution >= 4 is 11.5 Å². The Morgan fingerprint density at radius 3 is 2.52 bits per heavy atom. The minimum atomic E-state index is 0.590. The number of hydrogen-bond donors (Lipinski definition) is 1. The molecule has 23 heavy (non-hydrogen) atoms. The Hall–Kier alpha value is -2.33. The largest absolute Gasteiger partial charge is 0.378 e. The van der Waals surface area contributed by atoms with Gasteiger partial charge in [-0.2, -0.15) is 0 Å². The van der Waals surface area contributed by atoms with E-state index in [4.69, 9.17) is 4.74 Å². The molecule has 4 nitrogen and oxygen atoms in total. The molecule has 0 saturated carbocycles. The third-order valence-electron chi connectivity index (χ3n) is 3.93. The fraction of sp³-hybridized carbons (Fsp3) is 0.316. The lowest BCUT2D eigenvalue weighted by Gasteiger charge is -2.13. The molecule has 0 saturated heterocycles. The fourth-order valence-corrected chi connectivity index (χ4v) is 2.62. The smallest absolute Gasteiger partial charge is 0.128 e. The van der Waals surface area contributed by atoms with Gasteiger partial charge in [0.05, 0.1) is 19.8 Å². The predicted octanol–water partition coefficient (Wildman–Crippen LogP) is 2.82. The van der Waals surface area contributed by atoms with E-state index in [-0.39, 0.29) is 0 Å². The Kier molecular flexibility index (Phi) is 4.93. The molecule has 0 spiro atoms. The van der Waals surface area contributed by atoms with E-state index in [1.54, 1.807) is 0 Å². The van der Waals surface area contributed by atoms with Crippen molar-refractivity contribution in [2.45, 2.75) is 13.2 Å². The third kappa shape index (κ3) is 3.90. The summed E-state index contributed by atoms with van der Waals surface area (Å²) in [6.45, 7) is 2.97. The standard InChI is InChI=1S/C19H23N3O/c1-22(2)17-9-7-15(8-10-17)13-23-14-16-5-3-4-6-18(16)19-20-11-12-21-19/h3-10H,11-14H2,1-2H3,(H,20,21). The van der Waals surface area contributed by atoms with E-state index in [2.05, 4.69) is 51.6 Å². The highest BCUT2D eigenvalue weighted by atomic mass is 16.5. The molecular formula is C19H23N3O. The van der Waals surface area contributed by atoms with Gasteiger partial charge in [0.25, 0.3) is 0 Å². The highest BCUT2D eigenvalue weighted by Crippen LogP contribution is 2.15. The van der Waals surface area contributed by atoms with Crippen LogP contribution in [0.3, 0.4) is 0 Å². The van der Waals surface area contributed by atoms with Gasteiger partial charge in [0.15, 0.2) is 0 Å². The summed E-state index contributed by atoms with van der Waals surface area (Å²) in [5.74, 6) is 0.986. The van der Waals surface area contributed by atoms with Gasteiger partial charge >= 0.3 is 0 Å². The monoisotopic (exact) mass is 309 g/mol. The summed E-state index contributed by atoms with van der Waals surface area (Å²) in [6.07, 6.45) is 0. The van der Waals surface area contributed by atoms with Gasteiger partial charge in [-0.3, -0.25) is 4.99 Å². The molecule has 120 valence electrons. The summed E-state index contributed by atoms with van der Waals surface area (Å²) in [5, 5.41) is 3.33. The molecule has 2 aromatic carbocycles. The quantitative estimate of drug-likeness (QED) is 0.891. The number of rotatable bonds is 6. The van der Waals surface area contributed by atoms with E-state index < -0.39 is 0 Å². The van der Waals surface area contributed by atoms with Crippen molar-refractivity contribution in [1.82, 2.24) is 5.32 Å². The molecule has 0 aromatic heterocycles. The van der Waals surface area contributed by atoms with Crippen LogP contribution in [0, 0.1) is 0 Å². The molecule has 3 rings (SSSR count). The van der Waals surface area contributed by atoms with Gasteiger partial charge in [-0.05, 0) is 23.3 Å².